The summed E-state index contributed by atoms with van der Waals surface area (Å²) in [6, 6.07) is 20.2. The van der Waals surface area contributed by atoms with Gasteiger partial charge in [-0.05, 0) is 71.0 Å². The van der Waals surface area contributed by atoms with E-state index in [0.29, 0.717) is 27.8 Å². The molecule has 214 valence electrons. The maximum absolute atomic E-state index is 14.1. The molecule has 0 saturated heterocycles. The van der Waals surface area contributed by atoms with Crippen LogP contribution in [0.5, 0.6) is 0 Å². The third-order valence-corrected chi connectivity index (χ3v) is 8.85. The molecule has 7 nitrogen and oxygen atoms in total. The molecule has 0 fully saturated rings. The molecule has 0 aliphatic carbocycles. The minimum absolute atomic E-state index is 0.0830. The number of nitrogens with zero attached hydrogens (tertiary/aromatic N) is 2. The van der Waals surface area contributed by atoms with E-state index in [-0.39, 0.29) is 18.9 Å². The number of sulfonamides is 1. The van der Waals surface area contributed by atoms with E-state index in [9.17, 15) is 18.0 Å². The Balaban J connectivity index is 2.07. The lowest BCUT2D eigenvalue weighted by molar-refractivity contribution is -0.140. The number of halogens is 3. The van der Waals surface area contributed by atoms with E-state index < -0.39 is 28.5 Å². The van der Waals surface area contributed by atoms with Gasteiger partial charge >= 0.3 is 0 Å². The minimum atomic E-state index is -3.84. The molecule has 0 heterocycles. The molecule has 0 bridgehead atoms. The Morgan fingerprint density at radius 2 is 1.57 bits per heavy atom. The van der Waals surface area contributed by atoms with Gasteiger partial charge in [0.2, 0.25) is 21.8 Å². The van der Waals surface area contributed by atoms with Gasteiger partial charge in [0.25, 0.3) is 0 Å². The molecular formula is C29H32Cl2IN3O4S. The highest BCUT2D eigenvalue weighted by Gasteiger charge is 2.33. The smallest absolute Gasteiger partial charge is 0.244 e. The minimum Gasteiger partial charge on any atom is -0.354 e. The SMILES string of the molecule is CCCCNC(=O)C(Cc1ccccc1)N(Cc1c(Cl)cccc1Cl)C(=O)CN(c1ccc(I)cc1)S(C)(=O)=O. The van der Waals surface area contributed by atoms with Gasteiger partial charge in [-0.3, -0.25) is 13.9 Å². The molecule has 2 amide bonds. The highest BCUT2D eigenvalue weighted by Crippen LogP contribution is 2.28. The molecule has 1 atom stereocenters. The van der Waals surface area contributed by atoms with Crippen LogP contribution in [-0.2, 0) is 32.6 Å². The highest BCUT2D eigenvalue weighted by molar-refractivity contribution is 14.1. The zero-order valence-electron chi connectivity index (χ0n) is 22.3. The van der Waals surface area contributed by atoms with Crippen molar-refractivity contribution in [2.24, 2.45) is 0 Å². The Hall–Kier alpha value is -2.34. The Kier molecular flexibility index (Phi) is 12.1. The summed E-state index contributed by atoms with van der Waals surface area (Å²) < 4.78 is 27.6. The van der Waals surface area contributed by atoms with Crippen molar-refractivity contribution < 1.29 is 18.0 Å². The van der Waals surface area contributed by atoms with E-state index in [0.717, 1.165) is 32.5 Å². The van der Waals surface area contributed by atoms with Crippen molar-refractivity contribution in [1.82, 2.24) is 10.2 Å². The van der Waals surface area contributed by atoms with Crippen LogP contribution in [0.1, 0.15) is 30.9 Å². The average Bonchev–Trinajstić information content (AvgIpc) is 2.91. The van der Waals surface area contributed by atoms with Crippen LogP contribution >= 0.6 is 45.8 Å². The third kappa shape index (κ3) is 9.09. The quantitative estimate of drug-likeness (QED) is 0.176. The topological polar surface area (TPSA) is 86.8 Å². The molecule has 0 radical (unpaired) electrons. The number of carbonyl (C=O) groups is 2. The van der Waals surface area contributed by atoms with Crippen molar-refractivity contribution in [3.8, 4) is 0 Å². The maximum Gasteiger partial charge on any atom is 0.244 e. The number of anilines is 1. The highest BCUT2D eigenvalue weighted by atomic mass is 127. The Bertz CT molecular complexity index is 1390. The van der Waals surface area contributed by atoms with Crippen LogP contribution in [0.25, 0.3) is 0 Å². The first-order valence-corrected chi connectivity index (χ1v) is 16.5. The zero-order valence-corrected chi connectivity index (χ0v) is 26.8. The number of nitrogens with one attached hydrogen (secondary N) is 1. The van der Waals surface area contributed by atoms with E-state index in [2.05, 4.69) is 27.9 Å². The molecule has 3 aromatic rings. The van der Waals surface area contributed by atoms with E-state index in [1.807, 2.05) is 37.3 Å². The molecule has 11 heteroatoms. The van der Waals surface area contributed by atoms with Crippen molar-refractivity contribution in [2.45, 2.75) is 38.8 Å². The first-order chi connectivity index (χ1) is 19.0. The van der Waals surface area contributed by atoms with Crippen molar-refractivity contribution in [2.75, 3.05) is 23.7 Å². The fraction of sp³-hybridized carbons (Fsp3) is 0.310. The monoisotopic (exact) mass is 715 g/mol. The van der Waals surface area contributed by atoms with Crippen molar-refractivity contribution in [1.29, 1.82) is 0 Å². The standard InChI is InChI=1S/C29H32Cl2IN3O4S/c1-3-4-17-33-29(37)27(18-21-9-6-5-7-10-21)34(19-24-25(30)11-8-12-26(24)31)28(36)20-35(40(2,38)39)23-15-13-22(32)14-16-23/h5-16,27H,3-4,17-20H2,1-2H3,(H,33,37). The summed E-state index contributed by atoms with van der Waals surface area (Å²) in [5, 5.41) is 3.63. The number of hydrogen-bond acceptors (Lipinski definition) is 4. The van der Waals surface area contributed by atoms with Crippen LogP contribution in [0.3, 0.4) is 0 Å². The van der Waals surface area contributed by atoms with Gasteiger partial charge in [0.15, 0.2) is 0 Å². The lowest BCUT2D eigenvalue weighted by Gasteiger charge is -2.34. The molecule has 3 aromatic carbocycles. The van der Waals surface area contributed by atoms with Gasteiger partial charge in [-0.2, -0.15) is 0 Å². The number of carbonyl (C=O) groups excluding carboxylic acids is 2. The van der Waals surface area contributed by atoms with E-state index >= 15 is 0 Å². The number of hydrogen-bond donors (Lipinski definition) is 1. The second-order valence-corrected chi connectivity index (χ2v) is 13.3. The molecule has 0 aliphatic rings. The zero-order chi connectivity index (χ0) is 29.3. The summed E-state index contributed by atoms with van der Waals surface area (Å²) in [5.74, 6) is -0.902. The second kappa shape index (κ2) is 15.0. The number of unbranched alkanes of at least 4 members (excludes halogenated alkanes) is 1. The van der Waals surface area contributed by atoms with Gasteiger partial charge in [0.1, 0.15) is 12.6 Å². The Labute approximate surface area is 260 Å². The van der Waals surface area contributed by atoms with Gasteiger partial charge in [-0.25, -0.2) is 8.42 Å². The lowest BCUT2D eigenvalue weighted by atomic mass is 10.0. The van der Waals surface area contributed by atoms with Crippen LogP contribution in [0.4, 0.5) is 5.69 Å². The first-order valence-electron chi connectivity index (χ1n) is 12.8. The van der Waals surface area contributed by atoms with Crippen molar-refractivity contribution in [3.63, 3.8) is 0 Å². The summed E-state index contributed by atoms with van der Waals surface area (Å²) >= 11 is 15.1. The summed E-state index contributed by atoms with van der Waals surface area (Å²) in [6.45, 7) is 1.89. The summed E-state index contributed by atoms with van der Waals surface area (Å²) in [6.07, 6.45) is 2.94. The number of rotatable bonds is 13. The Morgan fingerprint density at radius 3 is 2.15 bits per heavy atom. The summed E-state index contributed by atoms with van der Waals surface area (Å²) in [4.78, 5) is 29.1. The fourth-order valence-electron chi connectivity index (χ4n) is 4.13. The average molecular weight is 716 g/mol. The number of benzene rings is 3. The van der Waals surface area contributed by atoms with Gasteiger partial charge in [-0.15, -0.1) is 0 Å². The van der Waals surface area contributed by atoms with Crippen LogP contribution in [0.15, 0.2) is 72.8 Å². The molecule has 40 heavy (non-hydrogen) atoms. The van der Waals surface area contributed by atoms with E-state index in [1.54, 1.807) is 42.5 Å². The van der Waals surface area contributed by atoms with Gasteiger partial charge in [-0.1, -0.05) is 72.9 Å². The van der Waals surface area contributed by atoms with Crippen LogP contribution < -0.4 is 9.62 Å². The van der Waals surface area contributed by atoms with Crippen LogP contribution in [0.2, 0.25) is 10.0 Å². The van der Waals surface area contributed by atoms with Crippen molar-refractivity contribution in [3.05, 3.63) is 97.5 Å². The predicted molar refractivity (Wildman–Crippen MR) is 170 cm³/mol. The number of amides is 2. The van der Waals surface area contributed by atoms with Gasteiger partial charge < -0.3 is 10.2 Å². The molecule has 0 aromatic heterocycles. The molecule has 0 spiro atoms. The van der Waals surface area contributed by atoms with Gasteiger partial charge in [0.05, 0.1) is 11.9 Å². The predicted octanol–water partition coefficient (Wildman–Crippen LogP) is 5.92. The second-order valence-electron chi connectivity index (χ2n) is 9.32. The third-order valence-electron chi connectivity index (χ3n) is 6.28. The summed E-state index contributed by atoms with van der Waals surface area (Å²) in [7, 11) is -3.84. The van der Waals surface area contributed by atoms with Crippen LogP contribution in [-0.4, -0.2) is 50.5 Å². The Morgan fingerprint density at radius 1 is 0.950 bits per heavy atom. The molecule has 3 rings (SSSR count). The fourth-order valence-corrected chi connectivity index (χ4v) is 5.86. The molecule has 0 saturated carbocycles. The molecule has 1 N–H and O–H groups in total. The molecular weight excluding hydrogens is 684 g/mol. The van der Waals surface area contributed by atoms with Crippen LogP contribution in [0, 0.1) is 3.57 Å². The first kappa shape index (κ1) is 32.2. The van der Waals surface area contributed by atoms with Crippen molar-refractivity contribution >= 4 is 73.3 Å². The van der Waals surface area contributed by atoms with Gasteiger partial charge in [0, 0.05) is 38.7 Å². The van der Waals surface area contributed by atoms with E-state index in [4.69, 9.17) is 23.2 Å². The maximum atomic E-state index is 14.1. The largest absolute Gasteiger partial charge is 0.354 e. The summed E-state index contributed by atoms with van der Waals surface area (Å²) in [5.41, 5.74) is 1.66. The molecule has 0 aliphatic heterocycles. The molecule has 1 unspecified atom stereocenters. The lowest BCUT2D eigenvalue weighted by Crippen LogP contribution is -2.53. The normalized spacial score (nSPS) is 12.0. The van der Waals surface area contributed by atoms with E-state index in [1.165, 1.54) is 4.90 Å².